The van der Waals surface area contributed by atoms with Crippen LogP contribution in [0, 0.1) is 18.8 Å². The number of pyridine rings is 1. The highest BCUT2D eigenvalue weighted by Crippen LogP contribution is 2.22. The Hall–Kier alpha value is -4.87. The maximum Gasteiger partial charge on any atom is 0.353 e. The summed E-state index contributed by atoms with van der Waals surface area (Å²) in [5, 5.41) is 3.08. The number of amides is 1. The minimum atomic E-state index is -0.991. The summed E-state index contributed by atoms with van der Waals surface area (Å²) in [4.78, 5) is 64.9. The highest BCUT2D eigenvalue weighted by atomic mass is 16.3. The Labute approximate surface area is 209 Å². The van der Waals surface area contributed by atoms with Crippen LogP contribution < -0.4 is 28.4 Å². The summed E-state index contributed by atoms with van der Waals surface area (Å²) < 4.78 is 4.24. The second-order valence-corrected chi connectivity index (χ2v) is 8.73. The SMILES string of the molecule is Cc1ccc(Cn2c(=O)n(CCC(=O)N=O)c(=O)n(N)/c2=N\c2ccc3c(c2)c(C)cc(=O)n3C)cc1. The molecule has 0 saturated carbocycles. The number of nitroso groups, excluding NO2 is 1. The quantitative estimate of drug-likeness (QED) is 0.305. The van der Waals surface area contributed by atoms with Crippen molar-refractivity contribution in [2.45, 2.75) is 33.4 Å². The molecule has 2 heterocycles. The van der Waals surface area contributed by atoms with E-state index in [2.05, 4.69) is 10.2 Å². The van der Waals surface area contributed by atoms with E-state index in [1.165, 1.54) is 15.2 Å². The smallest absolute Gasteiger partial charge is 0.332 e. The van der Waals surface area contributed by atoms with Crippen LogP contribution in [0.4, 0.5) is 5.69 Å². The molecule has 0 atom stereocenters. The van der Waals surface area contributed by atoms with Crippen LogP contribution in [0.2, 0.25) is 0 Å². The number of nitrogens with zero attached hydrogens (tertiary/aromatic N) is 6. The number of nitrogens with two attached hydrogens (primary N) is 1. The Kier molecular flexibility index (Phi) is 6.83. The highest BCUT2D eigenvalue weighted by molar-refractivity contribution is 5.85. The number of carbonyl (C=O) groups is 1. The number of aryl methyl sites for hydroxylation is 3. The van der Waals surface area contributed by atoms with Gasteiger partial charge in [-0.3, -0.25) is 14.2 Å². The van der Waals surface area contributed by atoms with Crippen molar-refractivity contribution in [3.05, 3.63) is 107 Å². The van der Waals surface area contributed by atoms with E-state index in [9.17, 15) is 24.1 Å². The Morgan fingerprint density at radius 2 is 1.65 bits per heavy atom. The molecule has 4 aromatic rings. The molecule has 1 amide bonds. The molecule has 2 N–H and O–H groups in total. The van der Waals surface area contributed by atoms with Crippen molar-refractivity contribution < 1.29 is 4.79 Å². The molecule has 2 aromatic heterocycles. The van der Waals surface area contributed by atoms with Crippen molar-refractivity contribution in [1.29, 1.82) is 0 Å². The minimum Gasteiger partial charge on any atom is -0.332 e. The summed E-state index contributed by atoms with van der Waals surface area (Å²) in [6, 6.07) is 14.1. The molecule has 37 heavy (non-hydrogen) atoms. The largest absolute Gasteiger partial charge is 0.353 e. The van der Waals surface area contributed by atoms with Crippen molar-refractivity contribution in [2.24, 2.45) is 17.2 Å². The summed E-state index contributed by atoms with van der Waals surface area (Å²) in [6.07, 6.45) is -0.428. The van der Waals surface area contributed by atoms with Crippen LogP contribution >= 0.6 is 0 Å². The zero-order valence-corrected chi connectivity index (χ0v) is 20.5. The second-order valence-electron chi connectivity index (χ2n) is 8.73. The van der Waals surface area contributed by atoms with Crippen molar-refractivity contribution in [2.75, 3.05) is 5.84 Å². The van der Waals surface area contributed by atoms with Gasteiger partial charge in [0, 0.05) is 30.2 Å². The number of fused-ring (bicyclic) bond motifs is 1. The van der Waals surface area contributed by atoms with Crippen LogP contribution in [0.3, 0.4) is 0 Å². The lowest BCUT2D eigenvalue weighted by molar-refractivity contribution is -0.118. The van der Waals surface area contributed by atoms with Gasteiger partial charge in [-0.25, -0.2) is 19.1 Å². The van der Waals surface area contributed by atoms with E-state index in [4.69, 9.17) is 5.84 Å². The predicted octanol–water partition coefficient (Wildman–Crippen LogP) is 0.958. The first-order valence-electron chi connectivity index (χ1n) is 11.4. The fourth-order valence-electron chi connectivity index (χ4n) is 4.03. The number of rotatable bonds is 6. The second kappa shape index (κ2) is 10.0. The van der Waals surface area contributed by atoms with Gasteiger partial charge < -0.3 is 10.4 Å². The van der Waals surface area contributed by atoms with Gasteiger partial charge in [-0.15, -0.1) is 4.91 Å². The molecule has 0 saturated heterocycles. The number of carbonyl (C=O) groups excluding carboxylic acids is 1. The average molecular weight is 504 g/mol. The van der Waals surface area contributed by atoms with Gasteiger partial charge in [-0.2, -0.15) is 4.68 Å². The Morgan fingerprint density at radius 1 is 0.946 bits per heavy atom. The van der Waals surface area contributed by atoms with Gasteiger partial charge in [0.1, 0.15) is 0 Å². The first-order valence-corrected chi connectivity index (χ1v) is 11.4. The maximum absolute atomic E-state index is 13.4. The van der Waals surface area contributed by atoms with Crippen LogP contribution in [0.25, 0.3) is 10.9 Å². The minimum absolute atomic E-state index is 0.0381. The summed E-state index contributed by atoms with van der Waals surface area (Å²) in [5.41, 5.74) is 1.73. The molecule has 0 spiro atoms. The van der Waals surface area contributed by atoms with E-state index >= 15 is 0 Å². The number of benzene rings is 2. The third kappa shape index (κ3) is 4.94. The zero-order valence-electron chi connectivity index (χ0n) is 20.5. The van der Waals surface area contributed by atoms with Crippen molar-refractivity contribution >= 4 is 22.5 Å². The monoisotopic (exact) mass is 503 g/mol. The summed E-state index contributed by atoms with van der Waals surface area (Å²) in [7, 11) is 1.67. The standard InChI is InChI=1S/C25H25N7O5/c1-15-4-6-17(7-5-15)14-31-23(32(26)25(36)30(24(31)35)11-10-21(33)28-37)27-18-8-9-20-19(13-18)16(2)12-22(34)29(20)3/h4-9,12-13H,10-11,14,26H2,1-3H3/b27-23-. The molecule has 2 aromatic carbocycles. The number of aromatic nitrogens is 4. The molecule has 0 bridgehead atoms. The molecular weight excluding hydrogens is 478 g/mol. The van der Waals surface area contributed by atoms with Crippen LogP contribution in [0.15, 0.2) is 73.1 Å². The topological polar surface area (TPSA) is 156 Å². The van der Waals surface area contributed by atoms with E-state index in [1.54, 1.807) is 32.2 Å². The molecular formula is C25H25N7O5. The lowest BCUT2D eigenvalue weighted by Crippen LogP contribution is -2.57. The highest BCUT2D eigenvalue weighted by Gasteiger charge is 2.15. The van der Waals surface area contributed by atoms with E-state index in [0.29, 0.717) is 11.2 Å². The van der Waals surface area contributed by atoms with Gasteiger partial charge in [0.2, 0.25) is 5.62 Å². The average Bonchev–Trinajstić information content (AvgIpc) is 2.88. The summed E-state index contributed by atoms with van der Waals surface area (Å²) in [6.45, 7) is 3.41. The van der Waals surface area contributed by atoms with E-state index in [1.807, 2.05) is 31.2 Å². The first kappa shape index (κ1) is 25.2. The van der Waals surface area contributed by atoms with Gasteiger partial charge in [0.15, 0.2) is 0 Å². The Morgan fingerprint density at radius 3 is 2.32 bits per heavy atom. The van der Waals surface area contributed by atoms with Gasteiger partial charge >= 0.3 is 11.4 Å². The normalized spacial score (nSPS) is 11.7. The van der Waals surface area contributed by atoms with Gasteiger partial charge in [0.25, 0.3) is 11.5 Å². The lowest BCUT2D eigenvalue weighted by Gasteiger charge is -2.14. The lowest BCUT2D eigenvalue weighted by atomic mass is 10.1. The molecule has 12 heteroatoms. The fraction of sp³-hybridized carbons (Fsp3) is 0.240. The molecule has 0 aliphatic heterocycles. The molecule has 0 radical (unpaired) electrons. The fourth-order valence-corrected chi connectivity index (χ4v) is 4.03. The zero-order chi connectivity index (χ0) is 26.9. The van der Waals surface area contributed by atoms with Crippen LogP contribution in [-0.2, 0) is 24.9 Å². The number of nitrogen functional groups attached to an aromatic ring is 1. The van der Waals surface area contributed by atoms with Gasteiger partial charge in [-0.05, 0) is 43.2 Å². The van der Waals surface area contributed by atoms with Crippen LogP contribution in [0.1, 0.15) is 23.1 Å². The summed E-state index contributed by atoms with van der Waals surface area (Å²) >= 11 is 0. The Balaban J connectivity index is 1.96. The molecule has 0 unspecified atom stereocenters. The maximum atomic E-state index is 13.4. The third-order valence-corrected chi connectivity index (χ3v) is 6.13. The van der Waals surface area contributed by atoms with Crippen molar-refractivity contribution in [3.63, 3.8) is 0 Å². The van der Waals surface area contributed by atoms with Gasteiger partial charge in [0.05, 0.1) is 24.2 Å². The van der Waals surface area contributed by atoms with Crippen molar-refractivity contribution in [3.8, 4) is 0 Å². The molecule has 4 rings (SSSR count). The molecule has 190 valence electrons. The predicted molar refractivity (Wildman–Crippen MR) is 138 cm³/mol. The molecule has 0 aliphatic carbocycles. The third-order valence-electron chi connectivity index (χ3n) is 6.13. The Bertz CT molecular complexity index is 1790. The van der Waals surface area contributed by atoms with Gasteiger partial charge in [-0.1, -0.05) is 29.8 Å². The first-order chi connectivity index (χ1) is 17.6. The van der Waals surface area contributed by atoms with E-state index < -0.39 is 23.7 Å². The van der Waals surface area contributed by atoms with Crippen molar-refractivity contribution in [1.82, 2.24) is 18.4 Å². The molecule has 0 aliphatic rings. The van der Waals surface area contributed by atoms with E-state index in [0.717, 1.165) is 31.3 Å². The molecule has 12 nitrogen and oxygen atoms in total. The van der Waals surface area contributed by atoms with Crippen LogP contribution in [-0.4, -0.2) is 24.3 Å². The summed E-state index contributed by atoms with van der Waals surface area (Å²) in [5.74, 6) is 5.13. The van der Waals surface area contributed by atoms with Crippen LogP contribution in [0.5, 0.6) is 0 Å². The number of hydrogen-bond acceptors (Lipinski definition) is 7. The van der Waals surface area contributed by atoms with E-state index in [-0.39, 0.29) is 24.3 Å². The number of hydrogen-bond donors (Lipinski definition) is 1. The molecule has 0 fully saturated rings.